The highest BCUT2D eigenvalue weighted by Crippen LogP contribution is 2.19. The predicted octanol–water partition coefficient (Wildman–Crippen LogP) is 0.259. The van der Waals surface area contributed by atoms with E-state index in [-0.39, 0.29) is 11.9 Å². The van der Waals surface area contributed by atoms with Crippen LogP contribution in [0.1, 0.15) is 26.2 Å². The first-order valence-corrected chi connectivity index (χ1v) is 7.67. The molecule has 1 rings (SSSR count). The lowest BCUT2D eigenvalue weighted by molar-refractivity contribution is -0.123. The second kappa shape index (κ2) is 7.01. The summed E-state index contributed by atoms with van der Waals surface area (Å²) in [5.41, 5.74) is 0. The van der Waals surface area contributed by atoms with Crippen LogP contribution in [0.3, 0.4) is 0 Å². The van der Waals surface area contributed by atoms with Gasteiger partial charge in [-0.15, -0.1) is 0 Å². The van der Waals surface area contributed by atoms with Crippen molar-refractivity contribution in [3.8, 4) is 0 Å². The standard InChI is InChI=1S/C11H22N2O2S/c1-3-9-4-5-12-10(8-9)11(14)13-6-7-16(2)15/h9-10,12H,3-8H2,1-2H3,(H,13,14). The lowest BCUT2D eigenvalue weighted by atomic mass is 9.90. The summed E-state index contributed by atoms with van der Waals surface area (Å²) in [4.78, 5) is 11.8. The maximum absolute atomic E-state index is 11.8. The number of carbonyl (C=O) groups is 1. The van der Waals surface area contributed by atoms with Crippen LogP contribution in [0, 0.1) is 5.92 Å². The zero-order chi connectivity index (χ0) is 12.0. The van der Waals surface area contributed by atoms with Crippen molar-refractivity contribution in [3.05, 3.63) is 0 Å². The Bertz CT molecular complexity index is 258. The largest absolute Gasteiger partial charge is 0.354 e. The van der Waals surface area contributed by atoms with E-state index in [2.05, 4.69) is 17.6 Å². The molecular weight excluding hydrogens is 224 g/mol. The summed E-state index contributed by atoms with van der Waals surface area (Å²) in [6.07, 6.45) is 4.89. The summed E-state index contributed by atoms with van der Waals surface area (Å²) in [5, 5.41) is 6.07. The van der Waals surface area contributed by atoms with E-state index in [0.717, 1.165) is 19.4 Å². The van der Waals surface area contributed by atoms with Crippen LogP contribution in [-0.2, 0) is 15.6 Å². The van der Waals surface area contributed by atoms with Gasteiger partial charge in [0.1, 0.15) is 0 Å². The van der Waals surface area contributed by atoms with Gasteiger partial charge >= 0.3 is 0 Å². The highest BCUT2D eigenvalue weighted by molar-refractivity contribution is 7.84. The van der Waals surface area contributed by atoms with Crippen molar-refractivity contribution in [1.82, 2.24) is 10.6 Å². The van der Waals surface area contributed by atoms with E-state index >= 15 is 0 Å². The van der Waals surface area contributed by atoms with Crippen molar-refractivity contribution in [3.63, 3.8) is 0 Å². The maximum Gasteiger partial charge on any atom is 0.237 e. The molecule has 1 amide bonds. The normalized spacial score (nSPS) is 27.4. The molecule has 0 spiro atoms. The number of hydrogen-bond donors (Lipinski definition) is 2. The van der Waals surface area contributed by atoms with Crippen LogP contribution >= 0.6 is 0 Å². The molecule has 5 heteroatoms. The summed E-state index contributed by atoms with van der Waals surface area (Å²) >= 11 is 0. The Morgan fingerprint density at radius 2 is 2.31 bits per heavy atom. The summed E-state index contributed by atoms with van der Waals surface area (Å²) in [7, 11) is -0.831. The molecule has 3 unspecified atom stereocenters. The minimum absolute atomic E-state index is 0.0519. The molecule has 1 aliphatic rings. The van der Waals surface area contributed by atoms with Crippen LogP contribution in [0.25, 0.3) is 0 Å². The molecule has 1 saturated heterocycles. The van der Waals surface area contributed by atoms with Crippen molar-refractivity contribution >= 4 is 16.7 Å². The second-order valence-electron chi connectivity index (χ2n) is 4.37. The van der Waals surface area contributed by atoms with Crippen molar-refractivity contribution in [1.29, 1.82) is 0 Å². The predicted molar refractivity (Wildman–Crippen MR) is 66.7 cm³/mol. The molecule has 0 aromatic carbocycles. The van der Waals surface area contributed by atoms with Crippen molar-refractivity contribution in [2.75, 3.05) is 25.1 Å². The zero-order valence-corrected chi connectivity index (χ0v) is 10.9. The number of amides is 1. The van der Waals surface area contributed by atoms with E-state index in [1.807, 2.05) is 0 Å². The molecule has 1 aliphatic heterocycles. The van der Waals surface area contributed by atoms with Gasteiger partial charge in [-0.25, -0.2) is 0 Å². The fourth-order valence-corrected chi connectivity index (χ4v) is 2.40. The van der Waals surface area contributed by atoms with Gasteiger partial charge in [-0.05, 0) is 25.3 Å². The van der Waals surface area contributed by atoms with Crippen LogP contribution in [0.15, 0.2) is 0 Å². The van der Waals surface area contributed by atoms with E-state index in [9.17, 15) is 9.00 Å². The van der Waals surface area contributed by atoms with E-state index in [1.165, 1.54) is 6.42 Å². The van der Waals surface area contributed by atoms with Gasteiger partial charge in [-0.1, -0.05) is 13.3 Å². The summed E-state index contributed by atoms with van der Waals surface area (Å²) in [5.74, 6) is 1.26. The van der Waals surface area contributed by atoms with Crippen molar-refractivity contribution < 1.29 is 9.00 Å². The number of hydrogen-bond acceptors (Lipinski definition) is 3. The number of nitrogens with one attached hydrogen (secondary N) is 2. The van der Waals surface area contributed by atoms with Gasteiger partial charge in [0.15, 0.2) is 0 Å². The van der Waals surface area contributed by atoms with E-state index in [0.29, 0.717) is 18.2 Å². The average molecular weight is 246 g/mol. The van der Waals surface area contributed by atoms with Crippen LogP contribution in [0.2, 0.25) is 0 Å². The van der Waals surface area contributed by atoms with E-state index < -0.39 is 10.8 Å². The maximum atomic E-state index is 11.8. The fourth-order valence-electron chi connectivity index (χ4n) is 2.01. The Balaban J connectivity index is 2.27. The fraction of sp³-hybridized carbons (Fsp3) is 0.909. The molecular formula is C11H22N2O2S. The summed E-state index contributed by atoms with van der Waals surface area (Å²) < 4.78 is 10.8. The van der Waals surface area contributed by atoms with Gasteiger partial charge < -0.3 is 10.6 Å². The SMILES string of the molecule is CCC1CCNC(C(=O)NCCS(C)=O)C1. The van der Waals surface area contributed by atoms with Crippen molar-refractivity contribution in [2.45, 2.75) is 32.2 Å². The molecule has 2 N–H and O–H groups in total. The Hall–Kier alpha value is -0.420. The quantitative estimate of drug-likeness (QED) is 0.731. The molecule has 94 valence electrons. The molecule has 0 radical (unpaired) electrons. The lowest BCUT2D eigenvalue weighted by Gasteiger charge is -2.28. The van der Waals surface area contributed by atoms with Gasteiger partial charge in [-0.3, -0.25) is 9.00 Å². The molecule has 4 nitrogen and oxygen atoms in total. The number of piperidine rings is 1. The topological polar surface area (TPSA) is 58.2 Å². The third kappa shape index (κ3) is 4.61. The third-order valence-electron chi connectivity index (χ3n) is 3.09. The minimum Gasteiger partial charge on any atom is -0.354 e. The molecule has 0 aliphatic carbocycles. The first-order chi connectivity index (χ1) is 7.63. The lowest BCUT2D eigenvalue weighted by Crippen LogP contribution is -2.49. The molecule has 0 aromatic heterocycles. The van der Waals surface area contributed by atoms with E-state index in [1.54, 1.807) is 6.26 Å². The van der Waals surface area contributed by atoms with Gasteiger partial charge in [-0.2, -0.15) is 0 Å². The van der Waals surface area contributed by atoms with Crippen LogP contribution in [0.5, 0.6) is 0 Å². The van der Waals surface area contributed by atoms with Crippen molar-refractivity contribution in [2.24, 2.45) is 5.92 Å². The molecule has 16 heavy (non-hydrogen) atoms. The highest BCUT2D eigenvalue weighted by atomic mass is 32.2. The number of rotatable bonds is 5. The summed E-state index contributed by atoms with van der Waals surface area (Å²) in [6, 6.07) is -0.0519. The summed E-state index contributed by atoms with van der Waals surface area (Å²) in [6.45, 7) is 3.61. The molecule has 0 saturated carbocycles. The molecule has 0 bridgehead atoms. The van der Waals surface area contributed by atoms with Gasteiger partial charge in [0.05, 0.1) is 6.04 Å². The third-order valence-corrected chi connectivity index (χ3v) is 3.87. The monoisotopic (exact) mass is 246 g/mol. The Labute approximate surface area is 100 Å². The van der Waals surface area contributed by atoms with Crippen LogP contribution in [-0.4, -0.2) is 41.3 Å². The molecule has 0 aromatic rings. The molecule has 1 heterocycles. The van der Waals surface area contributed by atoms with Crippen LogP contribution < -0.4 is 10.6 Å². The second-order valence-corrected chi connectivity index (χ2v) is 5.93. The van der Waals surface area contributed by atoms with Gasteiger partial charge in [0.2, 0.25) is 5.91 Å². The van der Waals surface area contributed by atoms with Crippen LogP contribution in [0.4, 0.5) is 0 Å². The first kappa shape index (κ1) is 13.6. The van der Waals surface area contributed by atoms with Gasteiger partial charge in [0.25, 0.3) is 0 Å². The molecule has 1 fully saturated rings. The average Bonchev–Trinajstić information content (AvgIpc) is 2.28. The van der Waals surface area contributed by atoms with E-state index in [4.69, 9.17) is 0 Å². The minimum atomic E-state index is -0.831. The Morgan fingerprint density at radius 1 is 1.56 bits per heavy atom. The first-order valence-electron chi connectivity index (χ1n) is 5.94. The van der Waals surface area contributed by atoms with Gasteiger partial charge in [0, 0.05) is 29.4 Å². The Morgan fingerprint density at radius 3 is 2.94 bits per heavy atom. The highest BCUT2D eigenvalue weighted by Gasteiger charge is 2.25. The number of carbonyl (C=O) groups excluding carboxylic acids is 1. The molecule has 3 atom stereocenters. The Kier molecular flexibility index (Phi) is 5.98. The zero-order valence-electron chi connectivity index (χ0n) is 10.1. The smallest absolute Gasteiger partial charge is 0.237 e.